The average molecular weight is 300 g/mol. The zero-order valence-corrected chi connectivity index (χ0v) is 12.5. The summed E-state index contributed by atoms with van der Waals surface area (Å²) in [4.78, 5) is 12.9. The van der Waals surface area contributed by atoms with Crippen LogP contribution in [0.3, 0.4) is 0 Å². The molecule has 0 bridgehead atoms. The lowest BCUT2D eigenvalue weighted by Gasteiger charge is -2.20. The lowest BCUT2D eigenvalue weighted by molar-refractivity contribution is -0.142. The van der Waals surface area contributed by atoms with Gasteiger partial charge >= 0.3 is 5.97 Å². The van der Waals surface area contributed by atoms with E-state index in [1.807, 2.05) is 35.2 Å². The van der Waals surface area contributed by atoms with E-state index in [2.05, 4.69) is 0 Å². The summed E-state index contributed by atoms with van der Waals surface area (Å²) in [6, 6.07) is 9.71. The predicted octanol–water partition coefficient (Wildman–Crippen LogP) is 2.42. The third-order valence-electron chi connectivity index (χ3n) is 3.69. The molecular weight excluding hydrogens is 278 g/mol. The monoisotopic (exact) mass is 299 g/mol. The summed E-state index contributed by atoms with van der Waals surface area (Å²) >= 11 is 0. The molecule has 1 fully saturated rings. The maximum Gasteiger partial charge on any atom is 0.320 e. The summed E-state index contributed by atoms with van der Waals surface area (Å²) < 4.78 is 5.72. The van der Waals surface area contributed by atoms with Crippen LogP contribution in [0.15, 0.2) is 30.3 Å². The predicted molar refractivity (Wildman–Crippen MR) is 80.1 cm³/mol. The largest absolute Gasteiger partial charge is 0.480 e. The maximum atomic E-state index is 10.9. The first-order chi connectivity index (χ1) is 9.16. The van der Waals surface area contributed by atoms with Crippen LogP contribution < -0.4 is 0 Å². The van der Waals surface area contributed by atoms with Crippen molar-refractivity contribution in [1.29, 1.82) is 0 Å². The number of aliphatic carboxylic acids is 1. The highest BCUT2D eigenvalue weighted by Crippen LogP contribution is 2.19. The highest BCUT2D eigenvalue weighted by atomic mass is 35.5. The van der Waals surface area contributed by atoms with Crippen LogP contribution in [-0.2, 0) is 16.1 Å². The Labute approximate surface area is 126 Å². The van der Waals surface area contributed by atoms with Crippen molar-refractivity contribution in [3.05, 3.63) is 35.9 Å². The molecule has 1 aromatic rings. The summed E-state index contributed by atoms with van der Waals surface area (Å²) in [5.74, 6) is -0.295. The molecule has 0 radical (unpaired) electrons. The quantitative estimate of drug-likeness (QED) is 0.876. The Balaban J connectivity index is 0.00000200. The molecule has 4 nitrogen and oxygen atoms in total. The SMILES string of the molecule is CC(C(=O)O)N1CCC(COCc2ccccc2)C1.Cl. The van der Waals surface area contributed by atoms with E-state index in [1.165, 1.54) is 5.56 Å². The zero-order valence-electron chi connectivity index (χ0n) is 11.7. The summed E-state index contributed by atoms with van der Waals surface area (Å²) in [5.41, 5.74) is 1.18. The van der Waals surface area contributed by atoms with E-state index >= 15 is 0 Å². The minimum atomic E-state index is -0.745. The van der Waals surface area contributed by atoms with Gasteiger partial charge < -0.3 is 9.84 Å². The van der Waals surface area contributed by atoms with Crippen LogP contribution in [0.1, 0.15) is 18.9 Å². The van der Waals surface area contributed by atoms with E-state index in [-0.39, 0.29) is 18.4 Å². The van der Waals surface area contributed by atoms with Crippen LogP contribution in [0, 0.1) is 5.92 Å². The number of halogens is 1. The number of likely N-dealkylation sites (tertiary alicyclic amines) is 1. The average Bonchev–Trinajstić information content (AvgIpc) is 2.88. The summed E-state index contributed by atoms with van der Waals surface area (Å²) in [5, 5.41) is 8.98. The topological polar surface area (TPSA) is 49.8 Å². The second kappa shape index (κ2) is 8.25. The van der Waals surface area contributed by atoms with Crippen molar-refractivity contribution in [2.75, 3.05) is 19.7 Å². The second-order valence-electron chi connectivity index (χ2n) is 5.16. The minimum absolute atomic E-state index is 0. The normalized spacial score (nSPS) is 20.4. The van der Waals surface area contributed by atoms with Gasteiger partial charge in [0, 0.05) is 6.54 Å². The fourth-order valence-electron chi connectivity index (χ4n) is 2.42. The van der Waals surface area contributed by atoms with Gasteiger partial charge in [-0.3, -0.25) is 9.69 Å². The number of rotatable bonds is 6. The molecule has 1 aliphatic rings. The van der Waals surface area contributed by atoms with Crippen LogP contribution >= 0.6 is 12.4 Å². The number of hydrogen-bond acceptors (Lipinski definition) is 3. The highest BCUT2D eigenvalue weighted by Gasteiger charge is 2.29. The molecule has 0 amide bonds. The maximum absolute atomic E-state index is 10.9. The van der Waals surface area contributed by atoms with E-state index in [0.717, 1.165) is 19.5 Å². The number of ether oxygens (including phenoxy) is 1. The molecule has 1 N–H and O–H groups in total. The van der Waals surface area contributed by atoms with Gasteiger partial charge in [-0.05, 0) is 31.4 Å². The molecule has 0 spiro atoms. The van der Waals surface area contributed by atoms with Gasteiger partial charge in [-0.2, -0.15) is 0 Å². The molecule has 0 aromatic heterocycles. The van der Waals surface area contributed by atoms with Crippen LogP contribution in [0.5, 0.6) is 0 Å². The van der Waals surface area contributed by atoms with Gasteiger partial charge in [-0.1, -0.05) is 30.3 Å². The Kier molecular flexibility index (Phi) is 6.99. The number of carboxylic acid groups (broad SMARTS) is 1. The second-order valence-corrected chi connectivity index (χ2v) is 5.16. The molecule has 5 heteroatoms. The van der Waals surface area contributed by atoms with Gasteiger partial charge in [-0.25, -0.2) is 0 Å². The Hall–Kier alpha value is -1.10. The van der Waals surface area contributed by atoms with Crippen LogP contribution in [-0.4, -0.2) is 41.7 Å². The molecule has 20 heavy (non-hydrogen) atoms. The molecule has 1 aromatic carbocycles. The van der Waals surface area contributed by atoms with Crippen molar-refractivity contribution in [1.82, 2.24) is 4.90 Å². The number of benzene rings is 1. The third-order valence-corrected chi connectivity index (χ3v) is 3.69. The molecule has 112 valence electrons. The lowest BCUT2D eigenvalue weighted by Crippen LogP contribution is -2.37. The molecule has 2 rings (SSSR count). The van der Waals surface area contributed by atoms with Crippen molar-refractivity contribution in [3.63, 3.8) is 0 Å². The molecule has 1 heterocycles. The van der Waals surface area contributed by atoms with Crippen molar-refractivity contribution in [2.24, 2.45) is 5.92 Å². The Morgan fingerprint density at radius 2 is 2.15 bits per heavy atom. The molecule has 2 atom stereocenters. The smallest absolute Gasteiger partial charge is 0.320 e. The molecule has 0 aliphatic carbocycles. The molecule has 2 unspecified atom stereocenters. The molecular formula is C15H22ClNO3. The Morgan fingerprint density at radius 3 is 2.80 bits per heavy atom. The Morgan fingerprint density at radius 1 is 1.45 bits per heavy atom. The van der Waals surface area contributed by atoms with E-state index in [0.29, 0.717) is 19.1 Å². The number of carboxylic acids is 1. The molecule has 0 saturated carbocycles. The van der Waals surface area contributed by atoms with Crippen molar-refractivity contribution in [2.45, 2.75) is 26.0 Å². The fourth-order valence-corrected chi connectivity index (χ4v) is 2.42. The van der Waals surface area contributed by atoms with Crippen LogP contribution in [0.25, 0.3) is 0 Å². The first-order valence-electron chi connectivity index (χ1n) is 6.75. The highest BCUT2D eigenvalue weighted by molar-refractivity contribution is 5.85. The van der Waals surface area contributed by atoms with Gasteiger partial charge in [-0.15, -0.1) is 12.4 Å². The molecule has 1 aliphatic heterocycles. The Bertz CT molecular complexity index is 413. The van der Waals surface area contributed by atoms with E-state index in [9.17, 15) is 4.79 Å². The van der Waals surface area contributed by atoms with Crippen molar-refractivity contribution >= 4 is 18.4 Å². The zero-order chi connectivity index (χ0) is 13.7. The van der Waals surface area contributed by atoms with Gasteiger partial charge in [0.05, 0.1) is 13.2 Å². The first kappa shape index (κ1) is 17.0. The number of nitrogens with zero attached hydrogens (tertiary/aromatic N) is 1. The third kappa shape index (κ3) is 4.78. The van der Waals surface area contributed by atoms with Gasteiger partial charge in [0.2, 0.25) is 0 Å². The van der Waals surface area contributed by atoms with Crippen molar-refractivity contribution in [3.8, 4) is 0 Å². The minimum Gasteiger partial charge on any atom is -0.480 e. The molecule has 1 saturated heterocycles. The van der Waals surface area contributed by atoms with Crippen LogP contribution in [0.4, 0.5) is 0 Å². The standard InChI is InChI=1S/C15H21NO3.ClH/c1-12(15(17)18)16-8-7-14(9-16)11-19-10-13-5-3-2-4-6-13;/h2-6,12,14H,7-11H2,1H3,(H,17,18);1H. The fraction of sp³-hybridized carbons (Fsp3) is 0.533. The van der Waals surface area contributed by atoms with E-state index in [1.54, 1.807) is 6.92 Å². The van der Waals surface area contributed by atoms with E-state index in [4.69, 9.17) is 9.84 Å². The lowest BCUT2D eigenvalue weighted by atomic mass is 10.1. The first-order valence-corrected chi connectivity index (χ1v) is 6.75. The summed E-state index contributed by atoms with van der Waals surface area (Å²) in [6.45, 7) is 4.76. The van der Waals surface area contributed by atoms with Gasteiger partial charge in [0.25, 0.3) is 0 Å². The number of hydrogen-bond donors (Lipinski definition) is 1. The van der Waals surface area contributed by atoms with E-state index < -0.39 is 5.97 Å². The van der Waals surface area contributed by atoms with Crippen LogP contribution in [0.2, 0.25) is 0 Å². The van der Waals surface area contributed by atoms with Gasteiger partial charge in [0.1, 0.15) is 6.04 Å². The van der Waals surface area contributed by atoms with Crippen molar-refractivity contribution < 1.29 is 14.6 Å². The summed E-state index contributed by atoms with van der Waals surface area (Å²) in [7, 11) is 0. The number of carbonyl (C=O) groups is 1. The summed E-state index contributed by atoms with van der Waals surface area (Å²) in [6.07, 6.45) is 1.02. The van der Waals surface area contributed by atoms with Gasteiger partial charge in [0.15, 0.2) is 0 Å².